The summed E-state index contributed by atoms with van der Waals surface area (Å²) in [5, 5.41) is 0. The van der Waals surface area contributed by atoms with Crippen molar-refractivity contribution in [3.05, 3.63) is 71.8 Å². The Morgan fingerprint density at radius 2 is 1.41 bits per heavy atom. The van der Waals surface area contributed by atoms with Crippen LogP contribution in [0.4, 0.5) is 0 Å². The largest absolute Gasteiger partial charge is 0.302 e. The number of nitrogens with zero attached hydrogens (tertiary/aromatic N) is 1. The van der Waals surface area contributed by atoms with Gasteiger partial charge in [-0.05, 0) is 17.5 Å². The summed E-state index contributed by atoms with van der Waals surface area (Å²) >= 11 is 0. The van der Waals surface area contributed by atoms with Crippen molar-refractivity contribution in [3.63, 3.8) is 0 Å². The Balaban J connectivity index is 2.13. The number of rotatable bonds is 9. The maximum atomic E-state index is 11.6. The lowest BCUT2D eigenvalue weighted by Gasteiger charge is -2.28. The van der Waals surface area contributed by atoms with Crippen LogP contribution < -0.4 is 0 Å². The third-order valence-electron chi connectivity index (χ3n) is 3.94. The van der Waals surface area contributed by atoms with Gasteiger partial charge in [-0.25, -0.2) is 0 Å². The number of benzene rings is 2. The Kier molecular flexibility index (Phi) is 6.85. The van der Waals surface area contributed by atoms with E-state index < -0.39 is 0 Å². The van der Waals surface area contributed by atoms with Crippen LogP contribution in [0.25, 0.3) is 0 Å². The van der Waals surface area contributed by atoms with Gasteiger partial charge in [0.2, 0.25) is 0 Å². The predicted molar refractivity (Wildman–Crippen MR) is 91.5 cm³/mol. The van der Waals surface area contributed by atoms with Crippen LogP contribution in [0.5, 0.6) is 0 Å². The molecule has 0 amide bonds. The molecule has 2 heteroatoms. The van der Waals surface area contributed by atoms with Gasteiger partial charge in [0.1, 0.15) is 6.29 Å². The van der Waals surface area contributed by atoms with Crippen molar-refractivity contribution in [1.82, 2.24) is 4.90 Å². The van der Waals surface area contributed by atoms with Crippen LogP contribution in [0.1, 0.15) is 37.3 Å². The quantitative estimate of drug-likeness (QED) is 0.637. The van der Waals surface area contributed by atoms with Crippen molar-refractivity contribution < 1.29 is 4.79 Å². The van der Waals surface area contributed by atoms with E-state index in [0.717, 1.165) is 38.6 Å². The van der Waals surface area contributed by atoms with E-state index in [1.165, 1.54) is 11.1 Å². The highest BCUT2D eigenvalue weighted by Gasteiger charge is 2.18. The number of unbranched alkanes of at least 4 members (excludes halogenated alkanes) is 1. The summed E-state index contributed by atoms with van der Waals surface area (Å²) in [5.74, 6) is 0. The average Bonchev–Trinajstić information content (AvgIpc) is 2.57. The van der Waals surface area contributed by atoms with Crippen molar-refractivity contribution in [3.8, 4) is 0 Å². The molecule has 2 nitrogen and oxygen atoms in total. The summed E-state index contributed by atoms with van der Waals surface area (Å²) in [7, 11) is 0. The molecule has 0 saturated carbocycles. The fourth-order valence-corrected chi connectivity index (χ4v) is 2.68. The van der Waals surface area contributed by atoms with Gasteiger partial charge in [-0.2, -0.15) is 0 Å². The van der Waals surface area contributed by atoms with E-state index in [1.54, 1.807) is 0 Å². The van der Waals surface area contributed by atoms with E-state index in [4.69, 9.17) is 0 Å². The zero-order chi connectivity index (χ0) is 15.6. The summed E-state index contributed by atoms with van der Waals surface area (Å²) in [5.41, 5.74) is 2.50. The molecule has 0 bridgehead atoms. The van der Waals surface area contributed by atoms with Crippen molar-refractivity contribution in [1.29, 1.82) is 0 Å². The molecular formula is C20H25NO. The van der Waals surface area contributed by atoms with E-state index in [2.05, 4.69) is 60.4 Å². The number of carbonyl (C=O) groups is 1. The zero-order valence-corrected chi connectivity index (χ0v) is 13.3. The van der Waals surface area contributed by atoms with Gasteiger partial charge < -0.3 is 4.79 Å². The van der Waals surface area contributed by atoms with Gasteiger partial charge in [-0.15, -0.1) is 0 Å². The number of carbonyl (C=O) groups excluding carboxylic acids is 1. The molecule has 0 heterocycles. The van der Waals surface area contributed by atoms with E-state index in [-0.39, 0.29) is 6.04 Å². The molecule has 0 aliphatic carbocycles. The van der Waals surface area contributed by atoms with E-state index in [1.807, 2.05) is 12.1 Å². The summed E-state index contributed by atoms with van der Waals surface area (Å²) in [4.78, 5) is 13.9. The Hall–Kier alpha value is -1.93. The predicted octanol–water partition coefficient (Wildman–Crippen LogP) is 4.45. The molecule has 2 rings (SSSR count). The van der Waals surface area contributed by atoms with Crippen LogP contribution in [0.3, 0.4) is 0 Å². The minimum Gasteiger partial charge on any atom is -0.302 e. The highest BCUT2D eigenvalue weighted by Crippen LogP contribution is 2.16. The van der Waals surface area contributed by atoms with Gasteiger partial charge in [-0.1, -0.05) is 80.4 Å². The second-order valence-electron chi connectivity index (χ2n) is 5.72. The molecule has 0 unspecified atom stereocenters. The van der Waals surface area contributed by atoms with Crippen molar-refractivity contribution in [2.75, 3.05) is 0 Å². The average molecular weight is 295 g/mol. The second kappa shape index (κ2) is 9.16. The van der Waals surface area contributed by atoms with Crippen molar-refractivity contribution >= 4 is 6.29 Å². The molecule has 0 aliphatic heterocycles. The summed E-state index contributed by atoms with van der Waals surface area (Å²) in [6, 6.07) is 20.8. The van der Waals surface area contributed by atoms with Crippen LogP contribution in [0.2, 0.25) is 0 Å². The maximum Gasteiger partial charge on any atom is 0.137 e. The minimum absolute atomic E-state index is 0.0136. The van der Waals surface area contributed by atoms with Crippen LogP contribution in [-0.2, 0) is 17.9 Å². The van der Waals surface area contributed by atoms with E-state index >= 15 is 0 Å². The molecule has 1 atom stereocenters. The lowest BCUT2D eigenvalue weighted by atomic mass is 10.1. The molecule has 22 heavy (non-hydrogen) atoms. The second-order valence-corrected chi connectivity index (χ2v) is 5.72. The lowest BCUT2D eigenvalue weighted by Crippen LogP contribution is -2.35. The molecule has 2 aromatic rings. The fourth-order valence-electron chi connectivity index (χ4n) is 2.68. The first-order valence-electron chi connectivity index (χ1n) is 8.10. The topological polar surface area (TPSA) is 20.3 Å². The number of hydrogen-bond donors (Lipinski definition) is 0. The van der Waals surface area contributed by atoms with Crippen molar-refractivity contribution in [2.24, 2.45) is 0 Å². The zero-order valence-electron chi connectivity index (χ0n) is 13.3. The molecular weight excluding hydrogens is 270 g/mol. The molecule has 0 fully saturated rings. The molecule has 0 N–H and O–H groups in total. The molecule has 0 radical (unpaired) electrons. The van der Waals surface area contributed by atoms with Gasteiger partial charge in [0.05, 0.1) is 6.04 Å². The lowest BCUT2D eigenvalue weighted by molar-refractivity contribution is -0.113. The maximum absolute atomic E-state index is 11.6. The van der Waals surface area contributed by atoms with Crippen molar-refractivity contribution in [2.45, 2.75) is 45.3 Å². The van der Waals surface area contributed by atoms with Crippen LogP contribution in [0.15, 0.2) is 60.7 Å². The third kappa shape index (κ3) is 5.12. The first kappa shape index (κ1) is 16.4. The molecule has 0 saturated heterocycles. The monoisotopic (exact) mass is 295 g/mol. The van der Waals surface area contributed by atoms with Crippen LogP contribution >= 0.6 is 0 Å². The number of hydrogen-bond acceptors (Lipinski definition) is 2. The molecule has 2 aromatic carbocycles. The van der Waals surface area contributed by atoms with Crippen LogP contribution in [0, 0.1) is 0 Å². The summed E-state index contributed by atoms with van der Waals surface area (Å²) in [6.45, 7) is 3.78. The molecule has 0 aromatic heterocycles. The minimum atomic E-state index is -0.0136. The third-order valence-corrected chi connectivity index (χ3v) is 3.94. The summed E-state index contributed by atoms with van der Waals surface area (Å²) in [6.07, 6.45) is 4.25. The van der Waals surface area contributed by atoms with Gasteiger partial charge in [0.15, 0.2) is 0 Å². The molecule has 116 valence electrons. The highest BCUT2D eigenvalue weighted by atomic mass is 16.1. The van der Waals surface area contributed by atoms with Gasteiger partial charge in [0, 0.05) is 13.1 Å². The highest BCUT2D eigenvalue weighted by molar-refractivity contribution is 5.57. The Morgan fingerprint density at radius 1 is 0.909 bits per heavy atom. The number of aldehydes is 1. The summed E-state index contributed by atoms with van der Waals surface area (Å²) < 4.78 is 0. The van der Waals surface area contributed by atoms with Crippen LogP contribution in [-0.4, -0.2) is 17.2 Å². The van der Waals surface area contributed by atoms with Gasteiger partial charge in [0.25, 0.3) is 0 Å². The van der Waals surface area contributed by atoms with E-state index in [9.17, 15) is 4.79 Å². The van der Waals surface area contributed by atoms with E-state index in [0.29, 0.717) is 0 Å². The normalized spacial score (nSPS) is 12.3. The Bertz CT molecular complexity index is 497. The molecule has 0 spiro atoms. The Labute approximate surface area is 133 Å². The smallest absolute Gasteiger partial charge is 0.137 e. The molecule has 0 aliphatic rings. The Morgan fingerprint density at radius 3 is 1.82 bits per heavy atom. The fraction of sp³-hybridized carbons (Fsp3) is 0.350. The van der Waals surface area contributed by atoms with Gasteiger partial charge in [-0.3, -0.25) is 4.90 Å². The standard InChI is InChI=1S/C20H25NO/c1-2-3-14-20(17-22)21(15-18-10-6-4-7-11-18)16-19-12-8-5-9-13-19/h4-13,17,20H,2-3,14-16H2,1H3/t20-/m1/s1. The van der Waals surface area contributed by atoms with Gasteiger partial charge >= 0.3 is 0 Å². The SMILES string of the molecule is CCCC[C@H](C=O)N(Cc1ccccc1)Cc1ccccc1. The first-order valence-corrected chi connectivity index (χ1v) is 8.10. The first-order chi connectivity index (χ1) is 10.8.